The first-order valence-corrected chi connectivity index (χ1v) is 7.66. The molecule has 2 unspecified atom stereocenters. The van der Waals surface area contributed by atoms with Crippen LogP contribution in [0.5, 0.6) is 5.75 Å². The van der Waals surface area contributed by atoms with Gasteiger partial charge in [0.1, 0.15) is 5.75 Å². The summed E-state index contributed by atoms with van der Waals surface area (Å²) in [5.74, 6) is 1.44. The van der Waals surface area contributed by atoms with Crippen molar-refractivity contribution in [2.24, 2.45) is 5.92 Å². The summed E-state index contributed by atoms with van der Waals surface area (Å²) in [7, 11) is 1.60. The van der Waals surface area contributed by atoms with Gasteiger partial charge in [0.15, 0.2) is 0 Å². The zero-order valence-corrected chi connectivity index (χ0v) is 13.6. The van der Waals surface area contributed by atoms with Crippen LogP contribution in [0.25, 0.3) is 0 Å². The van der Waals surface area contributed by atoms with Crippen molar-refractivity contribution < 1.29 is 14.6 Å². The topological polar surface area (TPSA) is 50.7 Å². The molecule has 2 atom stereocenters. The van der Waals surface area contributed by atoms with E-state index in [0.29, 0.717) is 18.9 Å². The minimum Gasteiger partial charge on any atom is -0.493 e. The van der Waals surface area contributed by atoms with E-state index in [4.69, 9.17) is 9.47 Å². The molecule has 0 heterocycles. The molecule has 0 aliphatic heterocycles. The first-order chi connectivity index (χ1) is 10.0. The van der Waals surface area contributed by atoms with E-state index in [1.807, 2.05) is 12.1 Å². The third kappa shape index (κ3) is 7.46. The van der Waals surface area contributed by atoms with Gasteiger partial charge in [-0.2, -0.15) is 0 Å². The molecule has 0 saturated heterocycles. The number of benzene rings is 1. The van der Waals surface area contributed by atoms with Crippen LogP contribution in [-0.4, -0.2) is 38.1 Å². The van der Waals surface area contributed by atoms with Gasteiger partial charge in [0, 0.05) is 13.2 Å². The van der Waals surface area contributed by atoms with Crippen molar-refractivity contribution in [3.8, 4) is 5.75 Å². The molecule has 2 N–H and O–H groups in total. The van der Waals surface area contributed by atoms with Gasteiger partial charge in [-0.3, -0.25) is 0 Å². The molecular formula is C17H29NO3. The lowest BCUT2D eigenvalue weighted by Crippen LogP contribution is -2.25. The number of hydrogen-bond donors (Lipinski definition) is 2. The molecule has 4 heteroatoms. The van der Waals surface area contributed by atoms with E-state index in [0.717, 1.165) is 18.9 Å². The molecule has 0 spiro atoms. The average Bonchev–Trinajstić information content (AvgIpc) is 2.45. The zero-order chi connectivity index (χ0) is 15.7. The van der Waals surface area contributed by atoms with Crippen LogP contribution in [0.2, 0.25) is 0 Å². The lowest BCUT2D eigenvalue weighted by atomic mass is 10.1. The predicted molar refractivity (Wildman–Crippen MR) is 85.7 cm³/mol. The third-order valence-corrected chi connectivity index (χ3v) is 3.25. The second-order valence-electron chi connectivity index (χ2n) is 5.85. The summed E-state index contributed by atoms with van der Waals surface area (Å²) in [6, 6.07) is 8.43. The van der Waals surface area contributed by atoms with Crippen molar-refractivity contribution in [2.75, 3.05) is 26.9 Å². The maximum absolute atomic E-state index is 9.59. The molecule has 1 aromatic carbocycles. The van der Waals surface area contributed by atoms with Gasteiger partial charge < -0.3 is 19.9 Å². The molecule has 0 saturated carbocycles. The fraction of sp³-hybridized carbons (Fsp3) is 0.647. The quantitative estimate of drug-likeness (QED) is 0.697. The van der Waals surface area contributed by atoms with Crippen molar-refractivity contribution in [3.05, 3.63) is 29.8 Å². The molecule has 0 amide bonds. The number of methoxy groups -OCH3 is 1. The summed E-state index contributed by atoms with van der Waals surface area (Å²) in [4.78, 5) is 0. The molecule has 0 aromatic heterocycles. The summed E-state index contributed by atoms with van der Waals surface area (Å²) >= 11 is 0. The second-order valence-corrected chi connectivity index (χ2v) is 5.85. The maximum atomic E-state index is 9.59. The van der Waals surface area contributed by atoms with Gasteiger partial charge in [-0.05, 0) is 43.5 Å². The summed E-state index contributed by atoms with van der Waals surface area (Å²) in [6.45, 7) is 8.28. The van der Waals surface area contributed by atoms with E-state index in [2.05, 4.69) is 38.2 Å². The Morgan fingerprint density at radius 3 is 2.33 bits per heavy atom. The van der Waals surface area contributed by atoms with E-state index in [1.54, 1.807) is 7.11 Å². The first kappa shape index (κ1) is 18.0. The number of ether oxygens (including phenoxy) is 2. The maximum Gasteiger partial charge on any atom is 0.119 e. The van der Waals surface area contributed by atoms with E-state index in [-0.39, 0.29) is 6.04 Å². The van der Waals surface area contributed by atoms with E-state index in [9.17, 15) is 5.11 Å². The number of aliphatic hydroxyl groups is 1. The van der Waals surface area contributed by atoms with Crippen molar-refractivity contribution in [3.63, 3.8) is 0 Å². The van der Waals surface area contributed by atoms with Crippen molar-refractivity contribution in [1.82, 2.24) is 5.32 Å². The molecule has 1 aromatic rings. The Balaban J connectivity index is 2.35. The lowest BCUT2D eigenvalue weighted by molar-refractivity contribution is 0.0590. The summed E-state index contributed by atoms with van der Waals surface area (Å²) in [5.41, 5.74) is 1.22. The van der Waals surface area contributed by atoms with Crippen LogP contribution in [0.3, 0.4) is 0 Å². The number of nitrogens with one attached hydrogen (secondary N) is 1. The highest BCUT2D eigenvalue weighted by Crippen LogP contribution is 2.18. The van der Waals surface area contributed by atoms with Crippen LogP contribution in [0.4, 0.5) is 0 Å². The molecule has 0 aliphatic carbocycles. The lowest BCUT2D eigenvalue weighted by Gasteiger charge is -2.16. The SMILES string of the molecule is COCC(O)CCNC(C)c1ccc(OCC(C)C)cc1. The molecule has 1 rings (SSSR count). The Bertz CT molecular complexity index is 378. The predicted octanol–water partition coefficient (Wildman–Crippen LogP) is 2.77. The van der Waals surface area contributed by atoms with Crippen LogP contribution in [0, 0.1) is 5.92 Å². The molecule has 0 fully saturated rings. The van der Waals surface area contributed by atoms with Gasteiger partial charge in [-0.1, -0.05) is 26.0 Å². The Morgan fingerprint density at radius 1 is 1.10 bits per heavy atom. The fourth-order valence-corrected chi connectivity index (χ4v) is 1.98. The van der Waals surface area contributed by atoms with Crippen molar-refractivity contribution in [2.45, 2.75) is 39.3 Å². The van der Waals surface area contributed by atoms with Crippen molar-refractivity contribution >= 4 is 0 Å². The Morgan fingerprint density at radius 2 is 1.76 bits per heavy atom. The summed E-state index contributed by atoms with van der Waals surface area (Å²) in [5, 5.41) is 13.0. The van der Waals surface area contributed by atoms with Crippen LogP contribution < -0.4 is 10.1 Å². The Kier molecular flexibility index (Phi) is 8.35. The highest BCUT2D eigenvalue weighted by atomic mass is 16.5. The van der Waals surface area contributed by atoms with Gasteiger partial charge in [0.25, 0.3) is 0 Å². The highest BCUT2D eigenvalue weighted by molar-refractivity contribution is 5.28. The smallest absolute Gasteiger partial charge is 0.119 e. The molecule has 0 bridgehead atoms. The van der Waals surface area contributed by atoms with Gasteiger partial charge in [0.2, 0.25) is 0 Å². The van der Waals surface area contributed by atoms with E-state index >= 15 is 0 Å². The van der Waals surface area contributed by atoms with E-state index in [1.165, 1.54) is 5.56 Å². The average molecular weight is 295 g/mol. The molecule has 0 radical (unpaired) electrons. The summed E-state index contributed by atoms with van der Waals surface area (Å²) < 4.78 is 10.6. The van der Waals surface area contributed by atoms with Gasteiger partial charge >= 0.3 is 0 Å². The number of aliphatic hydroxyl groups excluding tert-OH is 1. The highest BCUT2D eigenvalue weighted by Gasteiger charge is 2.07. The standard InChI is InChI=1S/C17H29NO3/c1-13(2)11-21-17-7-5-15(6-8-17)14(3)18-10-9-16(19)12-20-4/h5-8,13-14,16,18-19H,9-12H2,1-4H3. The number of hydrogen-bond acceptors (Lipinski definition) is 4. The number of rotatable bonds is 10. The first-order valence-electron chi connectivity index (χ1n) is 7.66. The Labute approximate surface area is 128 Å². The van der Waals surface area contributed by atoms with Crippen LogP contribution >= 0.6 is 0 Å². The molecule has 21 heavy (non-hydrogen) atoms. The third-order valence-electron chi connectivity index (χ3n) is 3.25. The van der Waals surface area contributed by atoms with Crippen LogP contribution in [-0.2, 0) is 4.74 Å². The molecule has 120 valence electrons. The zero-order valence-electron chi connectivity index (χ0n) is 13.6. The normalized spacial score (nSPS) is 14.2. The Hall–Kier alpha value is -1.10. The van der Waals surface area contributed by atoms with Crippen molar-refractivity contribution in [1.29, 1.82) is 0 Å². The molecule has 4 nitrogen and oxygen atoms in total. The van der Waals surface area contributed by atoms with Gasteiger partial charge in [0.05, 0.1) is 19.3 Å². The molecule has 0 aliphatic rings. The van der Waals surface area contributed by atoms with E-state index < -0.39 is 6.10 Å². The van der Waals surface area contributed by atoms with Gasteiger partial charge in [-0.25, -0.2) is 0 Å². The molecular weight excluding hydrogens is 266 g/mol. The largest absolute Gasteiger partial charge is 0.493 e. The summed E-state index contributed by atoms with van der Waals surface area (Å²) in [6.07, 6.45) is 0.287. The minimum absolute atomic E-state index is 0.249. The minimum atomic E-state index is -0.401. The second kappa shape index (κ2) is 9.77. The monoisotopic (exact) mass is 295 g/mol. The van der Waals surface area contributed by atoms with Gasteiger partial charge in [-0.15, -0.1) is 0 Å². The fourth-order valence-electron chi connectivity index (χ4n) is 1.98. The van der Waals surface area contributed by atoms with Crippen LogP contribution in [0.1, 0.15) is 38.8 Å². The van der Waals surface area contributed by atoms with Crippen LogP contribution in [0.15, 0.2) is 24.3 Å².